The number of hydrogen-bond donors (Lipinski definition) is 2. The fraction of sp³-hybridized carbons (Fsp3) is 0.429. The minimum atomic E-state index is -0.421. The molecule has 0 spiro atoms. The molecule has 0 saturated heterocycles. The number of aryl methyl sites for hydroxylation is 1. The van der Waals surface area contributed by atoms with Gasteiger partial charge in [-0.3, -0.25) is 14.7 Å². The van der Waals surface area contributed by atoms with Crippen LogP contribution in [0.2, 0.25) is 0 Å². The topological polar surface area (TPSA) is 88.9 Å². The first-order valence-electron chi connectivity index (χ1n) is 9.91. The third-order valence-corrected chi connectivity index (χ3v) is 5.80. The quantitative estimate of drug-likeness (QED) is 0.534. The first kappa shape index (κ1) is 21.1. The normalized spacial score (nSPS) is 14.4. The summed E-state index contributed by atoms with van der Waals surface area (Å²) in [4.78, 5) is 24.2. The van der Waals surface area contributed by atoms with Crippen LogP contribution < -0.4 is 10.6 Å². The zero-order valence-corrected chi connectivity index (χ0v) is 17.5. The number of rotatable bonds is 7. The van der Waals surface area contributed by atoms with Crippen molar-refractivity contribution in [2.45, 2.75) is 56.8 Å². The molecule has 1 aromatic carbocycles. The molecule has 0 unspecified atom stereocenters. The summed E-state index contributed by atoms with van der Waals surface area (Å²) in [5.41, 5.74) is 2.09. The van der Waals surface area contributed by atoms with Crippen LogP contribution in [-0.4, -0.2) is 38.5 Å². The summed E-state index contributed by atoms with van der Waals surface area (Å²) >= 11 is 1.25. The number of amides is 3. The van der Waals surface area contributed by atoms with Crippen molar-refractivity contribution in [3.8, 4) is 11.4 Å². The lowest BCUT2D eigenvalue weighted by molar-refractivity contribution is -0.117. The molecular weight excluding hydrogens is 386 g/mol. The van der Waals surface area contributed by atoms with Gasteiger partial charge >= 0.3 is 6.03 Å². The van der Waals surface area contributed by atoms with Crippen molar-refractivity contribution < 1.29 is 9.59 Å². The number of hydrogen-bond acceptors (Lipinski definition) is 5. The SMILES string of the molecule is C=CCn1c(SCC(=O)NC(=O)NC2CCCCC2)nnc1-c1cccc(C)c1. The van der Waals surface area contributed by atoms with Crippen LogP contribution in [0.4, 0.5) is 4.79 Å². The first-order valence-corrected chi connectivity index (χ1v) is 10.9. The molecule has 1 fully saturated rings. The molecule has 1 heterocycles. The largest absolute Gasteiger partial charge is 0.335 e. The van der Waals surface area contributed by atoms with Crippen molar-refractivity contribution >= 4 is 23.7 Å². The van der Waals surface area contributed by atoms with Crippen LogP contribution >= 0.6 is 11.8 Å². The molecule has 0 aliphatic heterocycles. The van der Waals surface area contributed by atoms with Gasteiger partial charge in [0, 0.05) is 18.2 Å². The van der Waals surface area contributed by atoms with Crippen LogP contribution in [0.25, 0.3) is 11.4 Å². The molecule has 8 heteroatoms. The molecule has 0 radical (unpaired) electrons. The van der Waals surface area contributed by atoms with Gasteiger partial charge < -0.3 is 5.32 Å². The lowest BCUT2D eigenvalue weighted by Gasteiger charge is -2.22. The lowest BCUT2D eigenvalue weighted by atomic mass is 9.96. The third-order valence-electron chi connectivity index (χ3n) is 4.83. The van der Waals surface area contributed by atoms with Gasteiger partial charge in [0.2, 0.25) is 5.91 Å². The van der Waals surface area contributed by atoms with E-state index in [-0.39, 0.29) is 17.7 Å². The second kappa shape index (κ2) is 10.2. The minimum absolute atomic E-state index is 0.0845. The molecule has 7 nitrogen and oxygen atoms in total. The molecule has 1 aliphatic rings. The molecule has 0 bridgehead atoms. The predicted octanol–water partition coefficient (Wildman–Crippen LogP) is 3.69. The van der Waals surface area contributed by atoms with Gasteiger partial charge in [0.05, 0.1) is 5.75 Å². The fourth-order valence-electron chi connectivity index (χ4n) is 3.45. The molecule has 1 saturated carbocycles. The second-order valence-corrected chi connectivity index (χ2v) is 8.16. The number of aromatic nitrogens is 3. The van der Waals surface area contributed by atoms with Gasteiger partial charge in [-0.25, -0.2) is 4.79 Å². The highest BCUT2D eigenvalue weighted by atomic mass is 32.2. The molecule has 154 valence electrons. The number of carbonyl (C=O) groups is 2. The van der Waals surface area contributed by atoms with E-state index >= 15 is 0 Å². The van der Waals surface area contributed by atoms with E-state index in [4.69, 9.17) is 0 Å². The molecule has 1 aromatic heterocycles. The van der Waals surface area contributed by atoms with Gasteiger partial charge in [0.15, 0.2) is 11.0 Å². The smallest absolute Gasteiger partial charge is 0.321 e. The third kappa shape index (κ3) is 5.93. The second-order valence-electron chi connectivity index (χ2n) is 7.22. The molecule has 0 atom stereocenters. The Kier molecular flexibility index (Phi) is 7.46. The number of nitrogens with zero attached hydrogens (tertiary/aromatic N) is 3. The molecule has 3 amide bonds. The summed E-state index contributed by atoms with van der Waals surface area (Å²) in [5, 5.41) is 14.4. The predicted molar refractivity (Wildman–Crippen MR) is 115 cm³/mol. The van der Waals surface area contributed by atoms with E-state index in [9.17, 15) is 9.59 Å². The summed E-state index contributed by atoms with van der Waals surface area (Å²) in [5.74, 6) is 0.460. The van der Waals surface area contributed by atoms with Crippen LogP contribution in [0.5, 0.6) is 0 Å². The number of benzene rings is 1. The molecule has 3 rings (SSSR count). The van der Waals surface area contributed by atoms with Gasteiger partial charge in [0.1, 0.15) is 0 Å². The molecular formula is C21H27N5O2S. The Morgan fingerprint density at radius 3 is 2.79 bits per heavy atom. The van der Waals surface area contributed by atoms with Crippen LogP contribution in [0.15, 0.2) is 42.1 Å². The lowest BCUT2D eigenvalue weighted by Crippen LogP contribution is -2.45. The summed E-state index contributed by atoms with van der Waals surface area (Å²) in [7, 11) is 0. The summed E-state index contributed by atoms with van der Waals surface area (Å²) in [6.07, 6.45) is 7.18. The Balaban J connectivity index is 1.59. The zero-order valence-electron chi connectivity index (χ0n) is 16.7. The number of urea groups is 1. The Labute approximate surface area is 175 Å². The highest BCUT2D eigenvalue weighted by Gasteiger charge is 2.18. The van der Waals surface area contributed by atoms with E-state index in [0.717, 1.165) is 42.6 Å². The Hall–Kier alpha value is -2.61. The van der Waals surface area contributed by atoms with Crippen molar-refractivity contribution in [2.75, 3.05) is 5.75 Å². The van der Waals surface area contributed by atoms with Crippen molar-refractivity contribution in [3.63, 3.8) is 0 Å². The first-order chi connectivity index (χ1) is 14.1. The Bertz CT molecular complexity index is 874. The highest BCUT2D eigenvalue weighted by molar-refractivity contribution is 7.99. The molecule has 2 aromatic rings. The van der Waals surface area contributed by atoms with Crippen molar-refractivity contribution in [1.82, 2.24) is 25.4 Å². The monoisotopic (exact) mass is 413 g/mol. The van der Waals surface area contributed by atoms with Crippen LogP contribution in [0.1, 0.15) is 37.7 Å². The van der Waals surface area contributed by atoms with Crippen molar-refractivity contribution in [2.24, 2.45) is 0 Å². The maximum Gasteiger partial charge on any atom is 0.321 e. The summed E-state index contributed by atoms with van der Waals surface area (Å²) < 4.78 is 1.92. The van der Waals surface area contributed by atoms with Gasteiger partial charge in [0.25, 0.3) is 0 Å². The van der Waals surface area contributed by atoms with E-state index in [1.54, 1.807) is 6.08 Å². The zero-order chi connectivity index (χ0) is 20.6. The maximum absolute atomic E-state index is 12.2. The number of imide groups is 1. The average Bonchev–Trinajstić information content (AvgIpc) is 3.10. The minimum Gasteiger partial charge on any atom is -0.335 e. The van der Waals surface area contributed by atoms with E-state index in [2.05, 4.69) is 27.4 Å². The van der Waals surface area contributed by atoms with E-state index in [0.29, 0.717) is 11.7 Å². The van der Waals surface area contributed by atoms with Crippen LogP contribution in [0, 0.1) is 6.92 Å². The Morgan fingerprint density at radius 2 is 2.07 bits per heavy atom. The summed E-state index contributed by atoms with van der Waals surface area (Å²) in [6.45, 7) is 6.36. The number of nitrogens with one attached hydrogen (secondary N) is 2. The van der Waals surface area contributed by atoms with Gasteiger partial charge in [-0.15, -0.1) is 16.8 Å². The van der Waals surface area contributed by atoms with Crippen molar-refractivity contribution in [3.05, 3.63) is 42.5 Å². The molecule has 1 aliphatic carbocycles. The average molecular weight is 414 g/mol. The Morgan fingerprint density at radius 1 is 1.28 bits per heavy atom. The van der Waals surface area contributed by atoms with Gasteiger partial charge in [-0.05, 0) is 25.8 Å². The van der Waals surface area contributed by atoms with E-state index < -0.39 is 6.03 Å². The summed E-state index contributed by atoms with van der Waals surface area (Å²) in [6, 6.07) is 7.76. The number of allylic oxidation sites excluding steroid dienone is 1. The van der Waals surface area contributed by atoms with E-state index in [1.165, 1.54) is 18.2 Å². The van der Waals surface area contributed by atoms with E-state index in [1.807, 2.05) is 35.8 Å². The highest BCUT2D eigenvalue weighted by Crippen LogP contribution is 2.24. The van der Waals surface area contributed by atoms with Gasteiger partial charge in [-0.1, -0.05) is 60.9 Å². The standard InChI is InChI=1S/C21H27N5O2S/c1-3-12-26-19(16-9-7-8-15(2)13-16)24-25-21(26)29-14-18(27)23-20(28)22-17-10-5-4-6-11-17/h3,7-9,13,17H,1,4-6,10-12,14H2,2H3,(H2,22,23,27,28). The fourth-order valence-corrected chi connectivity index (χ4v) is 4.20. The number of carbonyl (C=O) groups excluding carboxylic acids is 2. The number of thioether (sulfide) groups is 1. The van der Waals surface area contributed by atoms with Crippen molar-refractivity contribution in [1.29, 1.82) is 0 Å². The molecule has 2 N–H and O–H groups in total. The maximum atomic E-state index is 12.2. The van der Waals surface area contributed by atoms with Crippen LogP contribution in [0.3, 0.4) is 0 Å². The molecule has 29 heavy (non-hydrogen) atoms. The van der Waals surface area contributed by atoms with Gasteiger partial charge in [-0.2, -0.15) is 0 Å². The van der Waals surface area contributed by atoms with Crippen LogP contribution in [-0.2, 0) is 11.3 Å².